The first-order valence-corrected chi connectivity index (χ1v) is 7.40. The molecule has 1 heterocycles. The minimum atomic E-state index is -0.261. The summed E-state index contributed by atoms with van der Waals surface area (Å²) in [4.78, 5) is 14.0. The van der Waals surface area contributed by atoms with E-state index in [1.54, 1.807) is 7.11 Å². The Morgan fingerprint density at radius 1 is 1.18 bits per heavy atom. The Labute approximate surface area is 130 Å². The number of benzene rings is 2. The van der Waals surface area contributed by atoms with Crippen molar-refractivity contribution in [1.29, 1.82) is 0 Å². The lowest BCUT2D eigenvalue weighted by atomic mass is 9.93. The summed E-state index contributed by atoms with van der Waals surface area (Å²) in [5.74, 6) is 0.571. The molecule has 4 nitrogen and oxygen atoms in total. The average Bonchev–Trinajstić information content (AvgIpc) is 2.54. The predicted molar refractivity (Wildman–Crippen MR) is 85.4 cm³/mol. The zero-order chi connectivity index (χ0) is 15.5. The summed E-state index contributed by atoms with van der Waals surface area (Å²) in [6, 6.07) is 15.9. The van der Waals surface area contributed by atoms with Gasteiger partial charge in [0.15, 0.2) is 0 Å². The van der Waals surface area contributed by atoms with Crippen molar-refractivity contribution >= 4 is 5.91 Å². The van der Waals surface area contributed by atoms with Gasteiger partial charge in [-0.2, -0.15) is 0 Å². The van der Waals surface area contributed by atoms with Crippen LogP contribution in [-0.4, -0.2) is 24.0 Å². The van der Waals surface area contributed by atoms with E-state index in [1.807, 2.05) is 36.4 Å². The quantitative estimate of drug-likeness (QED) is 0.940. The van der Waals surface area contributed by atoms with Crippen molar-refractivity contribution in [3.63, 3.8) is 0 Å². The molecule has 114 valence electrons. The number of carbonyl (C=O) groups excluding carboxylic acids is 1. The van der Waals surface area contributed by atoms with Crippen molar-refractivity contribution in [2.45, 2.75) is 25.6 Å². The van der Waals surface area contributed by atoms with Gasteiger partial charge in [-0.05, 0) is 35.2 Å². The standard InChI is InChI=1S/C18H20N2O2/c1-22-16-8-6-13(7-9-16)11-20-12-15-5-3-2-4-14(15)10-17(20)18(19)21/h2-9,17H,10-12H2,1H3,(H2,19,21)/t17-/m0/s1. The SMILES string of the molecule is COc1ccc(CN2Cc3ccccc3C[C@H]2C(N)=O)cc1. The molecule has 0 saturated heterocycles. The molecular formula is C18H20N2O2. The van der Waals surface area contributed by atoms with Crippen molar-refractivity contribution in [1.82, 2.24) is 4.90 Å². The van der Waals surface area contributed by atoms with Gasteiger partial charge in [0.25, 0.3) is 0 Å². The summed E-state index contributed by atoms with van der Waals surface area (Å²) in [5, 5.41) is 0. The molecule has 4 heteroatoms. The highest BCUT2D eigenvalue weighted by Gasteiger charge is 2.29. The highest BCUT2D eigenvalue weighted by atomic mass is 16.5. The number of ether oxygens (including phenoxy) is 1. The first kappa shape index (κ1) is 14.6. The van der Waals surface area contributed by atoms with Crippen molar-refractivity contribution in [3.8, 4) is 5.75 Å². The Balaban J connectivity index is 1.82. The summed E-state index contributed by atoms with van der Waals surface area (Å²) in [7, 11) is 1.65. The third kappa shape index (κ3) is 2.97. The number of amides is 1. The molecule has 2 N–H and O–H groups in total. The van der Waals surface area contributed by atoms with Gasteiger partial charge >= 0.3 is 0 Å². The van der Waals surface area contributed by atoms with Crippen LogP contribution in [0.25, 0.3) is 0 Å². The number of nitrogens with zero attached hydrogens (tertiary/aromatic N) is 1. The van der Waals surface area contributed by atoms with Crippen LogP contribution in [-0.2, 0) is 24.3 Å². The Bertz CT molecular complexity index is 667. The van der Waals surface area contributed by atoms with Gasteiger partial charge in [0, 0.05) is 13.1 Å². The van der Waals surface area contributed by atoms with Crippen LogP contribution < -0.4 is 10.5 Å². The van der Waals surface area contributed by atoms with Crippen molar-refractivity contribution < 1.29 is 9.53 Å². The normalized spacial score (nSPS) is 17.8. The summed E-state index contributed by atoms with van der Waals surface area (Å²) >= 11 is 0. The molecular weight excluding hydrogens is 276 g/mol. The van der Waals surface area contributed by atoms with Gasteiger partial charge in [0.05, 0.1) is 13.2 Å². The van der Waals surface area contributed by atoms with E-state index < -0.39 is 0 Å². The van der Waals surface area contributed by atoms with Gasteiger partial charge < -0.3 is 10.5 Å². The lowest BCUT2D eigenvalue weighted by Crippen LogP contribution is -2.48. The largest absolute Gasteiger partial charge is 0.497 e. The second-order valence-electron chi connectivity index (χ2n) is 5.64. The number of rotatable bonds is 4. The molecule has 1 aliphatic heterocycles. The molecule has 1 amide bonds. The van der Waals surface area contributed by atoms with E-state index in [1.165, 1.54) is 11.1 Å². The van der Waals surface area contributed by atoms with Crippen molar-refractivity contribution in [2.75, 3.05) is 7.11 Å². The number of hydrogen-bond donors (Lipinski definition) is 1. The van der Waals surface area contributed by atoms with Crippen LogP contribution >= 0.6 is 0 Å². The first-order chi connectivity index (χ1) is 10.7. The molecule has 0 aliphatic carbocycles. The monoisotopic (exact) mass is 296 g/mol. The molecule has 0 spiro atoms. The molecule has 0 fully saturated rings. The molecule has 0 saturated carbocycles. The molecule has 0 bridgehead atoms. The molecule has 0 aromatic heterocycles. The fourth-order valence-corrected chi connectivity index (χ4v) is 2.99. The zero-order valence-electron chi connectivity index (χ0n) is 12.7. The zero-order valence-corrected chi connectivity index (χ0v) is 12.7. The Hall–Kier alpha value is -2.33. The molecule has 0 unspecified atom stereocenters. The van der Waals surface area contributed by atoms with E-state index in [-0.39, 0.29) is 11.9 Å². The summed E-state index contributed by atoms with van der Waals surface area (Å²) in [5.41, 5.74) is 9.25. The maximum atomic E-state index is 11.8. The van der Waals surface area contributed by atoms with Crippen LogP contribution in [0.2, 0.25) is 0 Å². The Kier molecular flexibility index (Phi) is 4.11. The molecule has 1 atom stereocenters. The van der Waals surface area contributed by atoms with Gasteiger partial charge in [0.2, 0.25) is 5.91 Å². The van der Waals surface area contributed by atoms with Crippen LogP contribution in [0.15, 0.2) is 48.5 Å². The number of carbonyl (C=O) groups is 1. The minimum Gasteiger partial charge on any atom is -0.497 e. The van der Waals surface area contributed by atoms with Gasteiger partial charge in [0.1, 0.15) is 5.75 Å². The molecule has 0 radical (unpaired) electrons. The first-order valence-electron chi connectivity index (χ1n) is 7.40. The maximum Gasteiger partial charge on any atom is 0.235 e. The fraction of sp³-hybridized carbons (Fsp3) is 0.278. The van der Waals surface area contributed by atoms with Crippen LogP contribution in [0.5, 0.6) is 5.75 Å². The van der Waals surface area contributed by atoms with Gasteiger partial charge in [-0.15, -0.1) is 0 Å². The Morgan fingerprint density at radius 2 is 1.86 bits per heavy atom. The number of methoxy groups -OCH3 is 1. The lowest BCUT2D eigenvalue weighted by molar-refractivity contribution is -0.124. The molecule has 2 aromatic rings. The van der Waals surface area contributed by atoms with Crippen LogP contribution in [0, 0.1) is 0 Å². The summed E-state index contributed by atoms with van der Waals surface area (Å²) in [6.45, 7) is 1.45. The molecule has 2 aromatic carbocycles. The van der Waals surface area contributed by atoms with Crippen molar-refractivity contribution in [2.24, 2.45) is 5.73 Å². The van der Waals surface area contributed by atoms with E-state index in [4.69, 9.17) is 10.5 Å². The van der Waals surface area contributed by atoms with Crippen LogP contribution in [0.3, 0.4) is 0 Å². The molecule has 3 rings (SSSR count). The van der Waals surface area contributed by atoms with E-state index in [2.05, 4.69) is 17.0 Å². The smallest absolute Gasteiger partial charge is 0.235 e. The second kappa shape index (κ2) is 6.20. The number of nitrogens with two attached hydrogens (primary N) is 1. The highest BCUT2D eigenvalue weighted by molar-refractivity contribution is 5.80. The Morgan fingerprint density at radius 3 is 2.50 bits per heavy atom. The second-order valence-corrected chi connectivity index (χ2v) is 5.64. The average molecular weight is 296 g/mol. The van der Waals surface area contributed by atoms with Gasteiger partial charge in [-0.25, -0.2) is 0 Å². The third-order valence-corrected chi connectivity index (χ3v) is 4.22. The van der Waals surface area contributed by atoms with Crippen LogP contribution in [0.1, 0.15) is 16.7 Å². The minimum absolute atomic E-state index is 0.253. The topological polar surface area (TPSA) is 55.6 Å². The number of primary amides is 1. The fourth-order valence-electron chi connectivity index (χ4n) is 2.99. The number of fused-ring (bicyclic) bond motifs is 1. The number of hydrogen-bond acceptors (Lipinski definition) is 3. The van der Waals surface area contributed by atoms with E-state index in [0.717, 1.165) is 17.9 Å². The lowest BCUT2D eigenvalue weighted by Gasteiger charge is -2.35. The van der Waals surface area contributed by atoms with Crippen molar-refractivity contribution in [3.05, 3.63) is 65.2 Å². The van der Waals surface area contributed by atoms with E-state index in [9.17, 15) is 4.79 Å². The molecule has 22 heavy (non-hydrogen) atoms. The van der Waals surface area contributed by atoms with Gasteiger partial charge in [-0.3, -0.25) is 9.69 Å². The third-order valence-electron chi connectivity index (χ3n) is 4.22. The summed E-state index contributed by atoms with van der Waals surface area (Å²) < 4.78 is 5.18. The predicted octanol–water partition coefficient (Wildman–Crippen LogP) is 2.11. The summed E-state index contributed by atoms with van der Waals surface area (Å²) in [6.07, 6.45) is 0.682. The highest BCUT2D eigenvalue weighted by Crippen LogP contribution is 2.25. The van der Waals surface area contributed by atoms with Crippen LogP contribution in [0.4, 0.5) is 0 Å². The van der Waals surface area contributed by atoms with Gasteiger partial charge in [-0.1, -0.05) is 36.4 Å². The van der Waals surface area contributed by atoms with E-state index >= 15 is 0 Å². The molecule has 1 aliphatic rings. The van der Waals surface area contributed by atoms with E-state index in [0.29, 0.717) is 13.0 Å². The maximum absolute atomic E-state index is 11.8.